The van der Waals surface area contributed by atoms with Gasteiger partial charge in [0, 0.05) is 0 Å². The van der Waals surface area contributed by atoms with Gasteiger partial charge in [-0.05, 0) is 10.6 Å². The van der Waals surface area contributed by atoms with E-state index < -0.39 is 15.8 Å². The maximum absolute atomic E-state index is 4.73. The molecule has 0 aromatic heterocycles. The van der Waals surface area contributed by atoms with Crippen LogP contribution >= 0.6 is 36.1 Å². The Morgan fingerprint density at radius 2 is 0.806 bits per heavy atom. The Balaban J connectivity index is 0.000000858. The average Bonchev–Trinajstić information content (AvgIpc) is 2.85. The SMILES string of the molecule is [Cl][Co+][Cl].c1ccc(P([CH-]CP(c2ccccc2)c2ccccc2)c2ccccc2)cc1. The van der Waals surface area contributed by atoms with Crippen molar-refractivity contribution < 1.29 is 12.9 Å². The van der Waals surface area contributed by atoms with E-state index in [4.69, 9.17) is 20.3 Å². The van der Waals surface area contributed by atoms with Crippen molar-refractivity contribution in [2.45, 2.75) is 0 Å². The van der Waals surface area contributed by atoms with E-state index in [1.807, 2.05) is 0 Å². The molecule has 31 heavy (non-hydrogen) atoms. The number of halogens is 2. The van der Waals surface area contributed by atoms with Gasteiger partial charge >= 0.3 is 33.2 Å². The minimum atomic E-state index is -0.473. The zero-order chi connectivity index (χ0) is 21.7. The molecular weight excluding hydrogens is 504 g/mol. The first-order chi connectivity index (χ1) is 15.3. The molecule has 0 aliphatic rings. The molecule has 0 unspecified atom stereocenters. The summed E-state index contributed by atoms with van der Waals surface area (Å²) < 4.78 is 0. The van der Waals surface area contributed by atoms with E-state index in [1.165, 1.54) is 21.2 Å². The third-order valence-corrected chi connectivity index (χ3v) is 9.59. The fourth-order valence-corrected chi connectivity index (χ4v) is 8.07. The largest absolute Gasteiger partial charge is 0.289 e. The summed E-state index contributed by atoms with van der Waals surface area (Å²) in [4.78, 5) is 0. The summed E-state index contributed by atoms with van der Waals surface area (Å²) in [6.45, 7) is 0. The standard InChI is InChI=1S/C26H23P2.2ClH.Co/c1-5-13-23(14-6-1)27(24-15-7-2-8-16-24)21-22-28(25-17-9-3-10-18-25)26-19-11-4-12-20-26;;;/h1-21H,22H2;2*1H;/q-1;;;+3/p-2. The molecule has 4 aromatic carbocycles. The van der Waals surface area contributed by atoms with Gasteiger partial charge in [-0.2, -0.15) is 0 Å². The van der Waals surface area contributed by atoms with Crippen molar-refractivity contribution in [3.63, 3.8) is 0 Å². The number of rotatable bonds is 7. The zero-order valence-electron chi connectivity index (χ0n) is 16.8. The second kappa shape index (κ2) is 14.1. The van der Waals surface area contributed by atoms with Crippen molar-refractivity contribution in [2.24, 2.45) is 0 Å². The van der Waals surface area contributed by atoms with E-state index >= 15 is 0 Å². The Kier molecular flexibility index (Phi) is 11.1. The van der Waals surface area contributed by atoms with Gasteiger partial charge in [-0.15, -0.1) is 6.16 Å². The van der Waals surface area contributed by atoms with Crippen LogP contribution in [-0.4, -0.2) is 6.16 Å². The van der Waals surface area contributed by atoms with Crippen LogP contribution in [0.25, 0.3) is 0 Å². The first-order valence-electron chi connectivity index (χ1n) is 9.77. The molecule has 0 atom stereocenters. The van der Waals surface area contributed by atoms with Crippen LogP contribution in [0.5, 0.6) is 0 Å². The van der Waals surface area contributed by atoms with Crippen molar-refractivity contribution >= 4 is 57.4 Å². The van der Waals surface area contributed by atoms with Crippen molar-refractivity contribution in [3.05, 3.63) is 127 Å². The van der Waals surface area contributed by atoms with Crippen molar-refractivity contribution in [2.75, 3.05) is 6.16 Å². The Hall–Kier alpha value is -1.17. The van der Waals surface area contributed by atoms with Crippen LogP contribution in [0.15, 0.2) is 121 Å². The van der Waals surface area contributed by atoms with Gasteiger partial charge in [0.1, 0.15) is 0 Å². The van der Waals surface area contributed by atoms with Gasteiger partial charge in [-0.3, -0.25) is 6.16 Å². The van der Waals surface area contributed by atoms with Gasteiger partial charge in [-0.25, -0.2) is 7.92 Å². The molecule has 0 aliphatic heterocycles. The first-order valence-corrected chi connectivity index (χ1v) is 15.6. The first kappa shape index (κ1) is 24.5. The van der Waals surface area contributed by atoms with Gasteiger partial charge in [0.15, 0.2) is 0 Å². The molecule has 0 nitrogen and oxygen atoms in total. The maximum Gasteiger partial charge on any atom is -0.0220 e. The fraction of sp³-hybridized carbons (Fsp3) is 0.0385. The van der Waals surface area contributed by atoms with E-state index in [2.05, 4.69) is 127 Å². The molecule has 0 saturated heterocycles. The quantitative estimate of drug-likeness (QED) is 0.184. The van der Waals surface area contributed by atoms with Crippen molar-refractivity contribution in [1.29, 1.82) is 0 Å². The summed E-state index contributed by atoms with van der Waals surface area (Å²) in [7, 11) is 8.59. The fourth-order valence-electron chi connectivity index (χ4n) is 3.28. The predicted octanol–water partition coefficient (Wildman–Crippen LogP) is 6.79. The van der Waals surface area contributed by atoms with Crippen LogP contribution in [0.3, 0.4) is 0 Å². The molecule has 5 heteroatoms. The molecule has 0 bridgehead atoms. The number of hydrogen-bond donors (Lipinski definition) is 0. The Morgan fingerprint density at radius 3 is 1.13 bits per heavy atom. The summed E-state index contributed by atoms with van der Waals surface area (Å²) in [6.07, 6.45) is 3.66. The smallest absolute Gasteiger partial charge is 0.0220 e. The average molecular weight is 527 g/mol. The predicted molar refractivity (Wildman–Crippen MR) is 139 cm³/mol. The third-order valence-electron chi connectivity index (χ3n) is 4.65. The van der Waals surface area contributed by atoms with Gasteiger partial charge in [0.05, 0.1) is 0 Å². The van der Waals surface area contributed by atoms with Gasteiger partial charge in [0.25, 0.3) is 0 Å². The normalized spacial score (nSPS) is 10.7. The van der Waals surface area contributed by atoms with E-state index in [1.54, 1.807) is 0 Å². The van der Waals surface area contributed by atoms with Crippen LogP contribution in [-0.2, 0) is 12.9 Å². The Bertz CT molecular complexity index is 825. The summed E-state index contributed by atoms with van der Waals surface area (Å²) in [5, 5.41) is 5.71. The molecule has 160 valence electrons. The Labute approximate surface area is 203 Å². The molecule has 0 N–H and O–H groups in total. The third kappa shape index (κ3) is 7.72. The Morgan fingerprint density at radius 1 is 0.516 bits per heavy atom. The minimum Gasteiger partial charge on any atom is -0.289 e. The maximum atomic E-state index is 4.73. The van der Waals surface area contributed by atoms with Crippen molar-refractivity contribution in [3.8, 4) is 0 Å². The molecule has 0 fully saturated rings. The van der Waals surface area contributed by atoms with Gasteiger partial charge in [0.2, 0.25) is 0 Å². The molecule has 0 spiro atoms. The van der Waals surface area contributed by atoms with Crippen LogP contribution in [0.1, 0.15) is 0 Å². The molecule has 0 heterocycles. The van der Waals surface area contributed by atoms with E-state index in [0.29, 0.717) is 12.9 Å². The zero-order valence-corrected chi connectivity index (χ0v) is 21.2. The van der Waals surface area contributed by atoms with Crippen LogP contribution < -0.4 is 21.2 Å². The summed E-state index contributed by atoms with van der Waals surface area (Å²) in [5.74, 6) is 0. The van der Waals surface area contributed by atoms with E-state index in [0.717, 1.165) is 6.16 Å². The molecule has 0 amide bonds. The molecule has 0 saturated carbocycles. The number of hydrogen-bond acceptors (Lipinski definition) is 0. The summed E-state index contributed by atoms with van der Waals surface area (Å²) >= 11 is 0.382. The summed E-state index contributed by atoms with van der Waals surface area (Å²) in [6, 6.07) is 43.8. The monoisotopic (exact) mass is 526 g/mol. The second-order valence-electron chi connectivity index (χ2n) is 6.55. The van der Waals surface area contributed by atoms with E-state index in [9.17, 15) is 0 Å². The molecular formula is C26H23Cl2CoP2. The van der Waals surface area contributed by atoms with Crippen LogP contribution in [0.2, 0.25) is 0 Å². The number of benzene rings is 4. The van der Waals surface area contributed by atoms with Crippen molar-refractivity contribution in [1.82, 2.24) is 0 Å². The molecule has 0 aliphatic carbocycles. The van der Waals surface area contributed by atoms with Crippen LogP contribution in [0, 0.1) is 6.16 Å². The molecule has 4 aromatic rings. The van der Waals surface area contributed by atoms with E-state index in [-0.39, 0.29) is 0 Å². The second-order valence-corrected chi connectivity index (χ2v) is 12.7. The van der Waals surface area contributed by atoms with Gasteiger partial charge in [-0.1, -0.05) is 140 Å². The molecule has 0 radical (unpaired) electrons. The molecule has 4 rings (SSSR count). The minimum absolute atomic E-state index is 0.382. The topological polar surface area (TPSA) is 0 Å². The van der Waals surface area contributed by atoms with Gasteiger partial charge < -0.3 is 0 Å². The van der Waals surface area contributed by atoms with Crippen LogP contribution in [0.4, 0.5) is 0 Å². The summed E-state index contributed by atoms with van der Waals surface area (Å²) in [5.41, 5.74) is 0.